The van der Waals surface area contributed by atoms with Crippen molar-refractivity contribution in [3.05, 3.63) is 65.2 Å². The topological polar surface area (TPSA) is 68.0 Å². The summed E-state index contributed by atoms with van der Waals surface area (Å²) in [6, 6.07) is 13.9. The number of thiophene rings is 1. The summed E-state index contributed by atoms with van der Waals surface area (Å²) in [7, 11) is 0. The van der Waals surface area contributed by atoms with Crippen LogP contribution in [0.25, 0.3) is 16.7 Å². The van der Waals surface area contributed by atoms with Crippen molar-refractivity contribution in [1.29, 1.82) is 0 Å². The molecule has 0 saturated carbocycles. The van der Waals surface area contributed by atoms with E-state index in [-0.39, 0.29) is 0 Å². The number of para-hydroxylation sites is 1. The molecule has 0 radical (unpaired) electrons. The number of nitrogens with one attached hydrogen (secondary N) is 1. The molecule has 23 heavy (non-hydrogen) atoms. The predicted molar refractivity (Wildman–Crippen MR) is 92.2 cm³/mol. The van der Waals surface area contributed by atoms with Gasteiger partial charge in [0.25, 0.3) is 0 Å². The van der Waals surface area contributed by atoms with Gasteiger partial charge in [-0.1, -0.05) is 24.3 Å². The van der Waals surface area contributed by atoms with Crippen LogP contribution in [0, 0.1) is 0 Å². The molecule has 1 N–H and O–H groups in total. The van der Waals surface area contributed by atoms with Gasteiger partial charge in [0.2, 0.25) is 0 Å². The molecule has 0 atom stereocenters. The Morgan fingerprint density at radius 3 is 2.83 bits per heavy atom. The number of anilines is 1. The van der Waals surface area contributed by atoms with Crippen LogP contribution >= 0.6 is 11.3 Å². The highest BCUT2D eigenvalue weighted by molar-refractivity contribution is 7.11. The molecule has 0 unspecified atom stereocenters. The first-order chi connectivity index (χ1) is 11.4. The van der Waals surface area contributed by atoms with Crippen LogP contribution in [-0.4, -0.2) is 26.0 Å². The second-order valence-electron chi connectivity index (χ2n) is 4.74. The van der Waals surface area contributed by atoms with Crippen LogP contribution in [0.1, 0.15) is 4.88 Å². The number of benzene rings is 1. The lowest BCUT2D eigenvalue weighted by molar-refractivity contribution is 0.895. The van der Waals surface area contributed by atoms with E-state index in [4.69, 9.17) is 0 Å². The zero-order valence-corrected chi connectivity index (χ0v) is 12.8. The lowest BCUT2D eigenvalue weighted by Gasteiger charge is -2.03. The highest BCUT2D eigenvalue weighted by Gasteiger charge is 2.10. The maximum atomic E-state index is 4.41. The lowest BCUT2D eigenvalue weighted by atomic mass is 10.3. The molecule has 0 aliphatic carbocycles. The second kappa shape index (κ2) is 5.98. The first kappa shape index (κ1) is 13.6. The van der Waals surface area contributed by atoms with Crippen LogP contribution in [0.4, 0.5) is 5.82 Å². The first-order valence-electron chi connectivity index (χ1n) is 6.98. The number of rotatable bonds is 4. The van der Waals surface area contributed by atoms with Crippen LogP contribution in [0.5, 0.6) is 0 Å². The van der Waals surface area contributed by atoms with E-state index < -0.39 is 0 Å². The molecule has 4 aromatic rings. The van der Waals surface area contributed by atoms with Gasteiger partial charge in [-0.2, -0.15) is 10.2 Å². The predicted octanol–water partition coefficient (Wildman–Crippen LogP) is 3.32. The molecule has 0 bridgehead atoms. The van der Waals surface area contributed by atoms with Gasteiger partial charge in [-0.05, 0) is 23.6 Å². The van der Waals surface area contributed by atoms with Crippen molar-refractivity contribution in [3.8, 4) is 5.69 Å². The molecular formula is C16H12N6S. The normalized spacial score (nSPS) is 11.3. The minimum absolute atomic E-state index is 0.630. The molecular weight excluding hydrogens is 308 g/mol. The number of fused-ring (bicyclic) bond motifs is 1. The fourth-order valence-corrected chi connectivity index (χ4v) is 2.80. The third-order valence-corrected chi connectivity index (χ3v) is 4.08. The number of hydrogen-bond acceptors (Lipinski definition) is 6. The number of nitrogens with zero attached hydrogens (tertiary/aromatic N) is 5. The largest absolute Gasteiger partial charge is 0.261 e. The van der Waals surface area contributed by atoms with Gasteiger partial charge in [-0.25, -0.2) is 14.6 Å². The third kappa shape index (κ3) is 2.69. The van der Waals surface area contributed by atoms with Crippen molar-refractivity contribution in [2.24, 2.45) is 5.10 Å². The molecule has 3 aromatic heterocycles. The summed E-state index contributed by atoms with van der Waals surface area (Å²) in [4.78, 5) is 9.65. The Kier molecular flexibility index (Phi) is 3.53. The molecule has 0 fully saturated rings. The summed E-state index contributed by atoms with van der Waals surface area (Å²) >= 11 is 1.62. The van der Waals surface area contributed by atoms with Crippen LogP contribution in [0.15, 0.2) is 65.5 Å². The quantitative estimate of drug-likeness (QED) is 0.462. The molecule has 0 aliphatic rings. The molecule has 6 nitrogen and oxygen atoms in total. The maximum absolute atomic E-state index is 4.41. The SMILES string of the molecule is C(=N\Nc1ncnc2c1cnn2-c1ccccc1)/c1cccs1. The summed E-state index contributed by atoms with van der Waals surface area (Å²) in [5.74, 6) is 0.630. The Morgan fingerprint density at radius 1 is 1.09 bits per heavy atom. The number of hydrogen-bond donors (Lipinski definition) is 1. The molecule has 0 aliphatic heterocycles. The average Bonchev–Trinajstić information content (AvgIpc) is 3.25. The van der Waals surface area contributed by atoms with Crippen molar-refractivity contribution in [1.82, 2.24) is 19.7 Å². The lowest BCUT2D eigenvalue weighted by Crippen LogP contribution is -1.99. The fraction of sp³-hybridized carbons (Fsp3) is 0. The van der Waals surface area contributed by atoms with Crippen molar-refractivity contribution < 1.29 is 0 Å². The average molecular weight is 320 g/mol. The van der Waals surface area contributed by atoms with Crippen LogP contribution in [-0.2, 0) is 0 Å². The molecule has 4 rings (SSSR count). The Balaban J connectivity index is 1.68. The van der Waals surface area contributed by atoms with E-state index >= 15 is 0 Å². The molecule has 0 spiro atoms. The monoisotopic (exact) mass is 320 g/mol. The van der Waals surface area contributed by atoms with Gasteiger partial charge in [-0.15, -0.1) is 11.3 Å². The molecule has 112 valence electrons. The van der Waals surface area contributed by atoms with E-state index in [1.54, 1.807) is 28.4 Å². The Bertz CT molecular complexity index is 943. The second-order valence-corrected chi connectivity index (χ2v) is 5.72. The minimum Gasteiger partial charge on any atom is -0.261 e. The van der Waals surface area contributed by atoms with E-state index in [2.05, 4.69) is 25.6 Å². The molecule has 0 saturated heterocycles. The van der Waals surface area contributed by atoms with Crippen molar-refractivity contribution in [2.75, 3.05) is 5.43 Å². The van der Waals surface area contributed by atoms with Crippen molar-refractivity contribution in [3.63, 3.8) is 0 Å². The fourth-order valence-electron chi connectivity index (χ4n) is 2.21. The summed E-state index contributed by atoms with van der Waals surface area (Å²) in [6.45, 7) is 0. The van der Waals surface area contributed by atoms with E-state index in [0.29, 0.717) is 5.82 Å². The van der Waals surface area contributed by atoms with Gasteiger partial charge in [0.1, 0.15) is 6.33 Å². The zero-order valence-electron chi connectivity index (χ0n) is 12.0. The molecule has 1 aromatic carbocycles. The summed E-state index contributed by atoms with van der Waals surface area (Å²) < 4.78 is 1.78. The molecule has 7 heteroatoms. The van der Waals surface area contributed by atoms with Crippen LogP contribution in [0.2, 0.25) is 0 Å². The molecule has 0 amide bonds. The van der Waals surface area contributed by atoms with Gasteiger partial charge in [0.05, 0.1) is 23.5 Å². The highest BCUT2D eigenvalue weighted by Crippen LogP contribution is 2.21. The Morgan fingerprint density at radius 2 is 2.00 bits per heavy atom. The smallest absolute Gasteiger partial charge is 0.168 e. The highest BCUT2D eigenvalue weighted by atomic mass is 32.1. The van der Waals surface area contributed by atoms with Crippen LogP contribution in [0.3, 0.4) is 0 Å². The molecule has 3 heterocycles. The van der Waals surface area contributed by atoms with Gasteiger partial charge in [-0.3, -0.25) is 5.43 Å². The summed E-state index contributed by atoms with van der Waals surface area (Å²) in [5.41, 5.74) is 4.65. The van der Waals surface area contributed by atoms with E-state index in [0.717, 1.165) is 21.6 Å². The summed E-state index contributed by atoms with van der Waals surface area (Å²) in [6.07, 6.45) is 5.01. The van der Waals surface area contributed by atoms with Gasteiger partial charge < -0.3 is 0 Å². The number of aromatic nitrogens is 4. The van der Waals surface area contributed by atoms with E-state index in [1.165, 1.54) is 6.33 Å². The van der Waals surface area contributed by atoms with Gasteiger partial charge >= 0.3 is 0 Å². The zero-order chi connectivity index (χ0) is 15.5. The first-order valence-corrected chi connectivity index (χ1v) is 7.86. The van der Waals surface area contributed by atoms with E-state index in [9.17, 15) is 0 Å². The Hall–Kier alpha value is -3.06. The Labute approximate surface area is 136 Å². The maximum Gasteiger partial charge on any atom is 0.168 e. The summed E-state index contributed by atoms with van der Waals surface area (Å²) in [5, 5.41) is 11.5. The van der Waals surface area contributed by atoms with Gasteiger partial charge in [0, 0.05) is 4.88 Å². The van der Waals surface area contributed by atoms with E-state index in [1.807, 2.05) is 47.8 Å². The van der Waals surface area contributed by atoms with Crippen molar-refractivity contribution >= 4 is 34.4 Å². The standard InChI is InChI=1S/C16H12N6S/c1-2-5-12(6-3-1)22-16-14(10-20-22)15(17-11-18-16)21-19-9-13-7-4-8-23-13/h1-11H,(H,17,18,21)/b19-9+. The van der Waals surface area contributed by atoms with Gasteiger partial charge in [0.15, 0.2) is 11.5 Å². The number of hydrazone groups is 1. The van der Waals surface area contributed by atoms with Crippen molar-refractivity contribution in [2.45, 2.75) is 0 Å². The third-order valence-electron chi connectivity index (χ3n) is 3.27. The minimum atomic E-state index is 0.630. The van der Waals surface area contributed by atoms with Crippen LogP contribution < -0.4 is 5.43 Å².